The summed E-state index contributed by atoms with van der Waals surface area (Å²) in [5.41, 5.74) is 1.51. The molecule has 5 saturated carbocycles. The summed E-state index contributed by atoms with van der Waals surface area (Å²) in [4.78, 5) is 12.7. The lowest BCUT2D eigenvalue weighted by Gasteiger charge is -2.68. The fourth-order valence-electron chi connectivity index (χ4n) is 10.4. The van der Waals surface area contributed by atoms with Crippen LogP contribution < -0.4 is 0 Å². The summed E-state index contributed by atoms with van der Waals surface area (Å²) in [5.74, 6) is 4.99. The Kier molecular flexibility index (Phi) is 3.90. The molecule has 0 radical (unpaired) electrons. The molecule has 5 aliphatic rings. The Hall–Kier alpha value is -0.330. The minimum absolute atomic E-state index is 0.0955. The van der Waals surface area contributed by atoms with Gasteiger partial charge >= 0.3 is 0 Å². The van der Waals surface area contributed by atoms with E-state index in [1.165, 1.54) is 64.2 Å². The number of hydrogen-bond acceptors (Lipinski definition) is 1. The van der Waals surface area contributed by atoms with Crippen LogP contribution in [0, 0.1) is 51.2 Å². The number of carbonyl (C=O) groups is 1. The summed E-state index contributed by atoms with van der Waals surface area (Å²) < 4.78 is 0. The van der Waals surface area contributed by atoms with E-state index < -0.39 is 0 Å². The first kappa shape index (κ1) is 18.7. The van der Waals surface area contributed by atoms with Crippen LogP contribution in [0.15, 0.2) is 0 Å². The Bertz CT molecular complexity index is 649. The number of rotatable bonds is 0. The van der Waals surface area contributed by atoms with E-state index in [9.17, 15) is 4.79 Å². The van der Waals surface area contributed by atoms with Gasteiger partial charge in [0.25, 0.3) is 0 Å². The molecule has 5 fully saturated rings. The Morgan fingerprint density at radius 2 is 1.48 bits per heavy atom. The van der Waals surface area contributed by atoms with Crippen LogP contribution in [-0.4, -0.2) is 5.78 Å². The van der Waals surface area contributed by atoms with Crippen molar-refractivity contribution in [3.05, 3.63) is 0 Å². The van der Waals surface area contributed by atoms with E-state index in [0.717, 1.165) is 30.1 Å². The fraction of sp³-hybridized carbons (Fsp3) is 0.962. The topological polar surface area (TPSA) is 17.1 Å². The third kappa shape index (κ3) is 2.27. The van der Waals surface area contributed by atoms with Crippen LogP contribution in [0.3, 0.4) is 0 Å². The molecular formula is C26H42O. The minimum atomic E-state index is -0.0955. The van der Waals surface area contributed by atoms with Gasteiger partial charge in [0, 0.05) is 11.8 Å². The number of hydrogen-bond donors (Lipinski definition) is 0. The first-order valence-electron chi connectivity index (χ1n) is 12.2. The van der Waals surface area contributed by atoms with E-state index >= 15 is 0 Å². The van der Waals surface area contributed by atoms with Crippen molar-refractivity contribution < 1.29 is 4.79 Å². The van der Waals surface area contributed by atoms with Gasteiger partial charge in [0.2, 0.25) is 0 Å². The predicted octanol–water partition coefficient (Wildman–Crippen LogP) is 7.04. The highest BCUT2D eigenvalue weighted by Crippen LogP contribution is 2.72. The average Bonchev–Trinajstić information content (AvgIpc) is 3.00. The van der Waals surface area contributed by atoms with Crippen LogP contribution in [0.4, 0.5) is 0 Å². The molecule has 27 heavy (non-hydrogen) atoms. The van der Waals surface area contributed by atoms with Crippen LogP contribution in [-0.2, 0) is 4.79 Å². The highest BCUT2D eigenvalue weighted by Gasteiger charge is 2.65. The van der Waals surface area contributed by atoms with Crippen molar-refractivity contribution in [2.75, 3.05) is 0 Å². The van der Waals surface area contributed by atoms with E-state index in [2.05, 4.69) is 34.6 Å². The predicted molar refractivity (Wildman–Crippen MR) is 111 cm³/mol. The van der Waals surface area contributed by atoms with Gasteiger partial charge in [0.15, 0.2) is 0 Å². The molecule has 0 spiro atoms. The highest BCUT2D eigenvalue weighted by molar-refractivity contribution is 5.85. The molecule has 5 rings (SSSR count). The Balaban J connectivity index is 1.49. The third-order valence-corrected chi connectivity index (χ3v) is 11.7. The zero-order valence-corrected chi connectivity index (χ0v) is 18.6. The summed E-state index contributed by atoms with van der Waals surface area (Å²) in [7, 11) is 0. The van der Waals surface area contributed by atoms with Gasteiger partial charge in [0.1, 0.15) is 5.78 Å². The average molecular weight is 371 g/mol. The van der Waals surface area contributed by atoms with E-state index in [0.29, 0.717) is 27.9 Å². The Morgan fingerprint density at radius 1 is 0.704 bits per heavy atom. The molecular weight excluding hydrogens is 328 g/mol. The quantitative estimate of drug-likeness (QED) is 0.447. The lowest BCUT2D eigenvalue weighted by atomic mass is 9.36. The van der Waals surface area contributed by atoms with Gasteiger partial charge in [-0.05, 0) is 104 Å². The number of fused-ring (bicyclic) bond motifs is 7. The molecule has 0 aliphatic heterocycles. The summed E-state index contributed by atoms with van der Waals surface area (Å²) in [6.45, 7) is 12.5. The summed E-state index contributed by atoms with van der Waals surface area (Å²) in [5, 5.41) is 0. The lowest BCUT2D eigenvalue weighted by molar-refractivity contribution is -0.195. The molecule has 0 bridgehead atoms. The number of ketones is 1. The largest absolute Gasteiger partial charge is 0.299 e. The molecule has 152 valence electrons. The van der Waals surface area contributed by atoms with Crippen molar-refractivity contribution in [1.29, 1.82) is 0 Å². The SMILES string of the molecule is CC1(C)C(=O)CCC2(C)C1CCC1(C)C3CCC4(C)CCC[C@@H]4C3CCC12. The van der Waals surface area contributed by atoms with Crippen molar-refractivity contribution >= 4 is 5.78 Å². The van der Waals surface area contributed by atoms with E-state index in [1.807, 2.05) is 0 Å². The van der Waals surface area contributed by atoms with E-state index in [1.54, 1.807) is 0 Å². The number of Topliss-reactive ketones (excluding diaryl/α,β-unsaturated/α-hetero) is 1. The molecule has 0 aromatic rings. The fourth-order valence-corrected chi connectivity index (χ4v) is 10.4. The van der Waals surface area contributed by atoms with Gasteiger partial charge in [-0.25, -0.2) is 0 Å². The summed E-state index contributed by atoms with van der Waals surface area (Å²) in [6.07, 6.45) is 15.1. The molecule has 0 heterocycles. The van der Waals surface area contributed by atoms with Gasteiger partial charge in [-0.3, -0.25) is 4.79 Å². The monoisotopic (exact) mass is 370 g/mol. The van der Waals surface area contributed by atoms with Crippen LogP contribution in [0.5, 0.6) is 0 Å². The van der Waals surface area contributed by atoms with Gasteiger partial charge < -0.3 is 0 Å². The van der Waals surface area contributed by atoms with E-state index in [-0.39, 0.29) is 5.41 Å². The zero-order valence-electron chi connectivity index (χ0n) is 18.6. The summed E-state index contributed by atoms with van der Waals surface area (Å²) >= 11 is 0. The van der Waals surface area contributed by atoms with Crippen molar-refractivity contribution in [2.24, 2.45) is 51.2 Å². The maximum atomic E-state index is 12.7. The van der Waals surface area contributed by atoms with Crippen molar-refractivity contribution in [3.63, 3.8) is 0 Å². The van der Waals surface area contributed by atoms with Crippen LogP contribution in [0.25, 0.3) is 0 Å². The van der Waals surface area contributed by atoms with Gasteiger partial charge in [0.05, 0.1) is 0 Å². The van der Waals surface area contributed by atoms with Gasteiger partial charge in [-0.2, -0.15) is 0 Å². The third-order valence-electron chi connectivity index (χ3n) is 11.7. The second-order valence-electron chi connectivity index (χ2n) is 12.8. The van der Waals surface area contributed by atoms with Crippen molar-refractivity contribution in [1.82, 2.24) is 0 Å². The molecule has 1 heteroatoms. The molecule has 0 amide bonds. The maximum absolute atomic E-state index is 12.7. The second kappa shape index (κ2) is 5.63. The molecule has 8 atom stereocenters. The molecule has 0 N–H and O–H groups in total. The second-order valence-corrected chi connectivity index (χ2v) is 12.8. The minimum Gasteiger partial charge on any atom is -0.299 e. The molecule has 0 aromatic heterocycles. The van der Waals surface area contributed by atoms with Crippen LogP contribution in [0.1, 0.15) is 105 Å². The van der Waals surface area contributed by atoms with Gasteiger partial charge in [-0.1, -0.05) is 41.0 Å². The van der Waals surface area contributed by atoms with Gasteiger partial charge in [-0.15, -0.1) is 0 Å². The highest BCUT2D eigenvalue weighted by atomic mass is 16.1. The molecule has 5 aliphatic carbocycles. The van der Waals surface area contributed by atoms with E-state index in [4.69, 9.17) is 0 Å². The van der Waals surface area contributed by atoms with Crippen molar-refractivity contribution in [2.45, 2.75) is 105 Å². The first-order chi connectivity index (χ1) is 12.6. The smallest absolute Gasteiger partial charge is 0.138 e. The van der Waals surface area contributed by atoms with Crippen LogP contribution >= 0.6 is 0 Å². The zero-order chi connectivity index (χ0) is 19.2. The Morgan fingerprint density at radius 3 is 2.26 bits per heavy atom. The standard InChI is InChI=1S/C26H42O/c1-23(2)20-11-15-25(4)19-10-14-24(3)13-6-7-18(24)17(19)8-9-21(25)26(20,5)16-12-22(23)27/h17-21H,6-16H2,1-5H3/t17?,18-,19?,20?,21?,24?,25?,26?/m1/s1. The number of carbonyl (C=O) groups excluding carboxylic acids is 1. The first-order valence-corrected chi connectivity index (χ1v) is 12.2. The molecule has 0 saturated heterocycles. The lowest BCUT2D eigenvalue weighted by Crippen LogP contribution is -2.62. The molecule has 7 unspecified atom stereocenters. The van der Waals surface area contributed by atoms with Crippen LogP contribution in [0.2, 0.25) is 0 Å². The maximum Gasteiger partial charge on any atom is 0.138 e. The molecule has 1 nitrogen and oxygen atoms in total. The Labute approximate surface area is 167 Å². The van der Waals surface area contributed by atoms with Crippen molar-refractivity contribution in [3.8, 4) is 0 Å². The normalized spacial score (nSPS) is 56.6. The summed E-state index contributed by atoms with van der Waals surface area (Å²) in [6, 6.07) is 0. The molecule has 0 aromatic carbocycles.